The number of carbonyl (C=O) groups excluding carboxylic acids is 3. The minimum absolute atomic E-state index is 0.111. The van der Waals surface area contributed by atoms with Gasteiger partial charge in [-0.05, 0) is 73.0 Å². The van der Waals surface area contributed by atoms with Crippen molar-refractivity contribution in [3.8, 4) is 22.3 Å². The second kappa shape index (κ2) is 16.1. The number of halogens is 2. The van der Waals surface area contributed by atoms with Crippen molar-refractivity contribution in [2.45, 2.75) is 51.5 Å². The predicted molar refractivity (Wildman–Crippen MR) is 177 cm³/mol. The van der Waals surface area contributed by atoms with Crippen LogP contribution in [0.3, 0.4) is 0 Å². The maximum Gasteiger partial charge on any atom is 0.337 e. The molecule has 0 spiro atoms. The summed E-state index contributed by atoms with van der Waals surface area (Å²) in [7, 11) is 2.49. The van der Waals surface area contributed by atoms with Gasteiger partial charge in [-0.25, -0.2) is 13.6 Å². The highest BCUT2D eigenvalue weighted by Crippen LogP contribution is 2.42. The Hall–Kier alpha value is -5.13. The number of ether oxygens (including phenoxy) is 2. The minimum Gasteiger partial charge on any atom is -0.469 e. The Labute approximate surface area is 277 Å². The number of nitrogens with zero attached hydrogens (tertiary/aromatic N) is 1. The number of aromatic nitrogens is 1. The lowest BCUT2D eigenvalue weighted by atomic mass is 9.94. The van der Waals surface area contributed by atoms with E-state index in [4.69, 9.17) is 4.74 Å². The van der Waals surface area contributed by atoms with Crippen LogP contribution in [0.15, 0.2) is 78.9 Å². The molecule has 0 aliphatic carbocycles. The zero-order valence-corrected chi connectivity index (χ0v) is 27.1. The van der Waals surface area contributed by atoms with Gasteiger partial charge in [0.2, 0.25) is 0 Å². The van der Waals surface area contributed by atoms with Gasteiger partial charge in [0.05, 0.1) is 38.4 Å². The van der Waals surface area contributed by atoms with Gasteiger partial charge < -0.3 is 29.6 Å². The third-order valence-electron chi connectivity index (χ3n) is 7.69. The zero-order valence-electron chi connectivity index (χ0n) is 27.1. The van der Waals surface area contributed by atoms with Crippen LogP contribution in [0, 0.1) is 11.6 Å². The Balaban J connectivity index is 1.86. The number of amides is 1. The second-order valence-corrected chi connectivity index (χ2v) is 11.4. The molecule has 252 valence electrons. The Morgan fingerprint density at radius 3 is 1.92 bits per heavy atom. The third kappa shape index (κ3) is 8.61. The molecule has 3 aromatic carbocycles. The molecule has 11 heteroatoms. The van der Waals surface area contributed by atoms with Crippen molar-refractivity contribution in [3.63, 3.8) is 0 Å². The highest BCUT2D eigenvalue weighted by atomic mass is 19.1. The Morgan fingerprint density at radius 1 is 0.833 bits per heavy atom. The number of methoxy groups -OCH3 is 2. The van der Waals surface area contributed by atoms with E-state index in [1.54, 1.807) is 59.2 Å². The number of hydrogen-bond acceptors (Lipinski definition) is 7. The summed E-state index contributed by atoms with van der Waals surface area (Å²) in [6.45, 7) is 3.86. The molecule has 9 nitrogen and oxygen atoms in total. The van der Waals surface area contributed by atoms with E-state index < -0.39 is 41.7 Å². The summed E-state index contributed by atoms with van der Waals surface area (Å²) in [4.78, 5) is 37.6. The van der Waals surface area contributed by atoms with Crippen LogP contribution in [0.2, 0.25) is 0 Å². The third-order valence-corrected chi connectivity index (χ3v) is 7.69. The quantitative estimate of drug-likeness (QED) is 0.148. The van der Waals surface area contributed by atoms with Crippen LogP contribution in [0.25, 0.3) is 28.3 Å². The molecular formula is C37H38F2N2O7. The highest BCUT2D eigenvalue weighted by molar-refractivity contribution is 6.06. The highest BCUT2D eigenvalue weighted by Gasteiger charge is 2.29. The number of hydrogen-bond donors (Lipinski definition) is 3. The van der Waals surface area contributed by atoms with Crippen LogP contribution in [-0.4, -0.2) is 59.1 Å². The topological polar surface area (TPSA) is 127 Å². The van der Waals surface area contributed by atoms with E-state index in [1.165, 1.54) is 44.6 Å². The molecule has 2 atom stereocenters. The van der Waals surface area contributed by atoms with Gasteiger partial charge in [0.25, 0.3) is 5.91 Å². The number of carbonyl (C=O) groups is 3. The van der Waals surface area contributed by atoms with Crippen LogP contribution in [0.1, 0.15) is 64.8 Å². The summed E-state index contributed by atoms with van der Waals surface area (Å²) in [5.41, 5.74) is 3.87. The van der Waals surface area contributed by atoms with Crippen LogP contribution < -0.4 is 5.32 Å². The van der Waals surface area contributed by atoms with E-state index in [2.05, 4.69) is 10.1 Å². The maximum atomic E-state index is 14.2. The molecule has 0 saturated carbocycles. The molecule has 1 amide bonds. The van der Waals surface area contributed by atoms with Crippen LogP contribution in [0.4, 0.5) is 8.78 Å². The van der Waals surface area contributed by atoms with Crippen molar-refractivity contribution in [1.29, 1.82) is 0 Å². The van der Waals surface area contributed by atoms with Gasteiger partial charge in [0, 0.05) is 35.8 Å². The average Bonchev–Trinajstić information content (AvgIpc) is 3.42. The normalized spacial score (nSPS) is 12.6. The van der Waals surface area contributed by atoms with Crippen LogP contribution in [-0.2, 0) is 20.8 Å². The van der Waals surface area contributed by atoms with E-state index in [1.807, 2.05) is 13.8 Å². The molecule has 1 aromatic heterocycles. The fourth-order valence-electron chi connectivity index (χ4n) is 5.40. The molecule has 0 bridgehead atoms. The number of aliphatic hydroxyl groups is 2. The molecule has 0 aliphatic rings. The molecule has 3 N–H and O–H groups in total. The van der Waals surface area contributed by atoms with Gasteiger partial charge in [-0.3, -0.25) is 9.59 Å². The summed E-state index contributed by atoms with van der Waals surface area (Å²) in [5, 5.41) is 24.0. The first-order chi connectivity index (χ1) is 22.9. The first-order valence-corrected chi connectivity index (χ1v) is 15.3. The van der Waals surface area contributed by atoms with Gasteiger partial charge in [-0.2, -0.15) is 0 Å². The first kappa shape index (κ1) is 35.7. The molecule has 0 fully saturated rings. The van der Waals surface area contributed by atoms with Crippen molar-refractivity contribution in [2.75, 3.05) is 14.2 Å². The van der Waals surface area contributed by atoms with E-state index in [-0.39, 0.29) is 31.1 Å². The SMILES string of the molecule is COC(=O)C[C@H](O)C[C@H](O)/C=C/c1c(-c2ccc(F)cc2)c(-c2ccc(F)cc2)c(C(=O)NCc2ccc(C(=O)OC)cc2)n1C(C)C. The molecule has 1 heterocycles. The van der Waals surface area contributed by atoms with Gasteiger partial charge in [0.15, 0.2) is 0 Å². The fraction of sp³-hybridized carbons (Fsp3) is 0.270. The second-order valence-electron chi connectivity index (χ2n) is 11.4. The molecular weight excluding hydrogens is 622 g/mol. The van der Waals surface area contributed by atoms with Gasteiger partial charge in [-0.1, -0.05) is 42.5 Å². The lowest BCUT2D eigenvalue weighted by molar-refractivity contribution is -0.143. The average molecular weight is 661 g/mol. The number of aliphatic hydroxyl groups excluding tert-OH is 2. The summed E-state index contributed by atoms with van der Waals surface area (Å²) in [6, 6.07) is 17.7. The lowest BCUT2D eigenvalue weighted by Crippen LogP contribution is -2.27. The standard InChI is InChI=1S/C37H38F2N2O7/c1-22(2)41-31(18-17-29(42)19-30(43)20-32(44)47-3)33(24-9-13-27(38)14-10-24)34(25-11-15-28(39)16-12-25)35(41)36(45)40-21-23-5-7-26(8-6-23)37(46)48-4/h5-18,22,29-30,42-43H,19-21H2,1-4H3,(H,40,45)/b18-17+/t29-,30-/m1/s1. The molecule has 0 saturated heterocycles. The van der Waals surface area contributed by atoms with Crippen molar-refractivity contribution in [2.24, 2.45) is 0 Å². The van der Waals surface area contributed by atoms with Crippen molar-refractivity contribution >= 4 is 23.9 Å². The zero-order chi connectivity index (χ0) is 35.0. The van der Waals surface area contributed by atoms with Crippen molar-refractivity contribution in [3.05, 3.63) is 113 Å². The minimum atomic E-state index is -1.18. The summed E-state index contributed by atoms with van der Waals surface area (Å²) in [5.74, 6) is -2.50. The molecule has 4 rings (SSSR count). The van der Waals surface area contributed by atoms with E-state index >= 15 is 0 Å². The molecule has 0 radical (unpaired) electrons. The Kier molecular flexibility index (Phi) is 12.0. The largest absolute Gasteiger partial charge is 0.469 e. The van der Waals surface area contributed by atoms with Crippen LogP contribution in [0.5, 0.6) is 0 Å². The van der Waals surface area contributed by atoms with Crippen molar-refractivity contribution in [1.82, 2.24) is 9.88 Å². The summed E-state index contributed by atoms with van der Waals surface area (Å²) < 4.78 is 39.4. The number of benzene rings is 3. The van der Waals surface area contributed by atoms with Gasteiger partial charge >= 0.3 is 11.9 Å². The van der Waals surface area contributed by atoms with Crippen LogP contribution >= 0.6 is 0 Å². The summed E-state index contributed by atoms with van der Waals surface area (Å²) >= 11 is 0. The Morgan fingerprint density at radius 2 is 1.40 bits per heavy atom. The lowest BCUT2D eigenvalue weighted by Gasteiger charge is -2.17. The number of rotatable bonds is 13. The molecule has 0 aliphatic heterocycles. The molecule has 0 unspecified atom stereocenters. The maximum absolute atomic E-state index is 14.2. The smallest absolute Gasteiger partial charge is 0.337 e. The molecule has 48 heavy (non-hydrogen) atoms. The van der Waals surface area contributed by atoms with Crippen molar-refractivity contribution < 1.29 is 42.9 Å². The number of esters is 2. The van der Waals surface area contributed by atoms with E-state index in [0.717, 1.165) is 5.56 Å². The predicted octanol–water partition coefficient (Wildman–Crippen LogP) is 6.09. The van der Waals surface area contributed by atoms with E-state index in [0.29, 0.717) is 33.5 Å². The molecule has 4 aromatic rings. The monoisotopic (exact) mass is 660 g/mol. The fourth-order valence-corrected chi connectivity index (χ4v) is 5.40. The first-order valence-electron chi connectivity index (χ1n) is 15.3. The number of nitrogens with one attached hydrogen (secondary N) is 1. The van der Waals surface area contributed by atoms with E-state index in [9.17, 15) is 33.4 Å². The summed E-state index contributed by atoms with van der Waals surface area (Å²) in [6.07, 6.45) is 0.260. The van der Waals surface area contributed by atoms with Gasteiger partial charge in [0.1, 0.15) is 17.3 Å². The Bertz CT molecular complexity index is 1760. The van der Waals surface area contributed by atoms with Gasteiger partial charge in [-0.15, -0.1) is 0 Å².